The lowest BCUT2D eigenvalue weighted by Crippen LogP contribution is -2.51. The molecule has 0 radical (unpaired) electrons. The zero-order valence-corrected chi connectivity index (χ0v) is 16.6. The molecular weight excluding hydrogens is 362 g/mol. The summed E-state index contributed by atoms with van der Waals surface area (Å²) in [6, 6.07) is 3.65. The maximum Gasteiger partial charge on any atom is 0.239 e. The predicted octanol–water partition coefficient (Wildman–Crippen LogP) is 0.473. The summed E-state index contributed by atoms with van der Waals surface area (Å²) in [4.78, 5) is 26.4. The van der Waals surface area contributed by atoms with E-state index >= 15 is 0 Å². The molecule has 2 aliphatic heterocycles. The van der Waals surface area contributed by atoms with E-state index < -0.39 is 0 Å². The number of carbonyl (C=O) groups excluding carboxylic acids is 2. The second-order valence-corrected chi connectivity index (χ2v) is 7.02. The van der Waals surface area contributed by atoms with Gasteiger partial charge in [-0.3, -0.25) is 9.59 Å². The largest absolute Gasteiger partial charge is 0.493 e. The molecule has 0 aliphatic carbocycles. The number of amides is 2. The van der Waals surface area contributed by atoms with Crippen LogP contribution >= 0.6 is 0 Å². The molecule has 3 rings (SSSR count). The Morgan fingerprint density at radius 3 is 2.68 bits per heavy atom. The van der Waals surface area contributed by atoms with Crippen LogP contribution in [0.25, 0.3) is 0 Å². The summed E-state index contributed by atoms with van der Waals surface area (Å²) in [5.41, 5.74) is 2.28. The van der Waals surface area contributed by atoms with Crippen molar-refractivity contribution in [3.05, 3.63) is 23.3 Å². The number of morpholine rings is 1. The maximum absolute atomic E-state index is 12.6. The second-order valence-electron chi connectivity index (χ2n) is 7.02. The summed E-state index contributed by atoms with van der Waals surface area (Å²) >= 11 is 0. The summed E-state index contributed by atoms with van der Waals surface area (Å²) in [7, 11) is 3.23. The number of methoxy groups -OCH3 is 2. The van der Waals surface area contributed by atoms with Gasteiger partial charge in [0.2, 0.25) is 11.8 Å². The van der Waals surface area contributed by atoms with Crippen LogP contribution in [-0.4, -0.2) is 69.8 Å². The fourth-order valence-electron chi connectivity index (χ4n) is 3.56. The van der Waals surface area contributed by atoms with E-state index in [1.165, 1.54) is 5.56 Å². The second kappa shape index (κ2) is 9.75. The normalized spacial score (nSPS) is 18.9. The maximum atomic E-state index is 12.6. The van der Waals surface area contributed by atoms with Gasteiger partial charge in [0, 0.05) is 32.6 Å². The van der Waals surface area contributed by atoms with E-state index in [4.69, 9.17) is 14.2 Å². The van der Waals surface area contributed by atoms with Gasteiger partial charge in [0.15, 0.2) is 11.5 Å². The zero-order chi connectivity index (χ0) is 19.9. The third kappa shape index (κ3) is 4.94. The molecule has 2 N–H and O–H groups in total. The molecule has 154 valence electrons. The van der Waals surface area contributed by atoms with Gasteiger partial charge >= 0.3 is 0 Å². The molecule has 1 unspecified atom stereocenters. The third-order valence-corrected chi connectivity index (χ3v) is 5.18. The van der Waals surface area contributed by atoms with E-state index in [0.29, 0.717) is 58.0 Å². The number of benzene rings is 1. The van der Waals surface area contributed by atoms with Gasteiger partial charge in [-0.15, -0.1) is 0 Å². The number of nitrogens with one attached hydrogen (secondary N) is 2. The fourth-order valence-corrected chi connectivity index (χ4v) is 3.56. The van der Waals surface area contributed by atoms with Gasteiger partial charge in [-0.25, -0.2) is 0 Å². The first-order valence-electron chi connectivity index (χ1n) is 9.72. The number of fused-ring (bicyclic) bond motifs is 1. The average Bonchev–Trinajstić information content (AvgIpc) is 2.75. The molecule has 1 aromatic carbocycles. The van der Waals surface area contributed by atoms with Crippen molar-refractivity contribution in [2.24, 2.45) is 0 Å². The van der Waals surface area contributed by atoms with Crippen LogP contribution in [0, 0.1) is 0 Å². The van der Waals surface area contributed by atoms with Crippen LogP contribution < -0.4 is 20.1 Å². The summed E-state index contributed by atoms with van der Waals surface area (Å²) < 4.78 is 16.0. The van der Waals surface area contributed by atoms with E-state index in [1.807, 2.05) is 17.0 Å². The number of nitrogens with zero attached hydrogens (tertiary/aromatic N) is 1. The molecule has 8 nitrogen and oxygen atoms in total. The SMILES string of the molecule is COc1cc2c(cc1OC)CN(C(=O)CCCNC(=O)C1COCCN1)CC2. The molecule has 28 heavy (non-hydrogen) atoms. The molecule has 1 aromatic rings. The van der Waals surface area contributed by atoms with Gasteiger partial charge in [0.25, 0.3) is 0 Å². The number of hydrogen-bond donors (Lipinski definition) is 2. The highest BCUT2D eigenvalue weighted by Crippen LogP contribution is 2.33. The molecule has 1 atom stereocenters. The quantitative estimate of drug-likeness (QED) is 0.657. The number of hydrogen-bond acceptors (Lipinski definition) is 6. The molecule has 2 heterocycles. The van der Waals surface area contributed by atoms with E-state index in [-0.39, 0.29) is 17.9 Å². The van der Waals surface area contributed by atoms with Gasteiger partial charge in [-0.05, 0) is 36.1 Å². The molecule has 0 aromatic heterocycles. The predicted molar refractivity (Wildman–Crippen MR) is 104 cm³/mol. The number of rotatable bonds is 7. The van der Waals surface area contributed by atoms with Crippen LogP contribution in [0.15, 0.2) is 12.1 Å². The third-order valence-electron chi connectivity index (χ3n) is 5.18. The minimum absolute atomic E-state index is 0.0694. The Morgan fingerprint density at radius 1 is 1.25 bits per heavy atom. The minimum atomic E-state index is -0.296. The molecule has 0 spiro atoms. The van der Waals surface area contributed by atoms with E-state index in [2.05, 4.69) is 10.6 Å². The Morgan fingerprint density at radius 2 is 2.00 bits per heavy atom. The molecule has 1 saturated heterocycles. The first-order valence-corrected chi connectivity index (χ1v) is 9.72. The van der Waals surface area contributed by atoms with Gasteiger partial charge in [-0.2, -0.15) is 0 Å². The fraction of sp³-hybridized carbons (Fsp3) is 0.600. The van der Waals surface area contributed by atoms with E-state index in [9.17, 15) is 9.59 Å². The zero-order valence-electron chi connectivity index (χ0n) is 16.6. The van der Waals surface area contributed by atoms with E-state index in [0.717, 1.165) is 17.7 Å². The van der Waals surface area contributed by atoms with Crippen molar-refractivity contribution in [3.8, 4) is 11.5 Å². The molecule has 0 bridgehead atoms. The average molecular weight is 391 g/mol. The molecule has 0 saturated carbocycles. The van der Waals surface area contributed by atoms with Crippen molar-refractivity contribution in [2.75, 3.05) is 47.1 Å². The highest BCUT2D eigenvalue weighted by molar-refractivity contribution is 5.82. The number of carbonyl (C=O) groups is 2. The van der Waals surface area contributed by atoms with Crippen LogP contribution in [0.2, 0.25) is 0 Å². The minimum Gasteiger partial charge on any atom is -0.493 e. The summed E-state index contributed by atoms with van der Waals surface area (Å²) in [5, 5.41) is 5.99. The Bertz CT molecular complexity index is 703. The lowest BCUT2D eigenvalue weighted by Gasteiger charge is -2.30. The van der Waals surface area contributed by atoms with Crippen molar-refractivity contribution in [1.29, 1.82) is 0 Å². The van der Waals surface area contributed by atoms with Gasteiger partial charge < -0.3 is 29.7 Å². The molecule has 8 heteroatoms. The van der Waals surface area contributed by atoms with Crippen LogP contribution in [0.1, 0.15) is 24.0 Å². The van der Waals surface area contributed by atoms with Gasteiger partial charge in [0.1, 0.15) is 6.04 Å². The van der Waals surface area contributed by atoms with E-state index in [1.54, 1.807) is 14.2 Å². The molecule has 2 amide bonds. The van der Waals surface area contributed by atoms with Crippen molar-refractivity contribution in [2.45, 2.75) is 31.8 Å². The summed E-state index contributed by atoms with van der Waals surface area (Å²) in [5.74, 6) is 1.43. The van der Waals surface area contributed by atoms with Crippen molar-refractivity contribution in [1.82, 2.24) is 15.5 Å². The molecule has 2 aliphatic rings. The Hall–Kier alpha value is -2.32. The Balaban J connectivity index is 1.45. The van der Waals surface area contributed by atoms with Gasteiger partial charge in [0.05, 0.1) is 27.4 Å². The van der Waals surface area contributed by atoms with Crippen LogP contribution in [0.5, 0.6) is 11.5 Å². The molecule has 1 fully saturated rings. The smallest absolute Gasteiger partial charge is 0.239 e. The standard InChI is InChI=1S/C20H29N3O5/c1-26-17-10-14-5-8-23(12-15(14)11-18(17)27-2)19(24)4-3-6-22-20(25)16-13-28-9-7-21-16/h10-11,16,21H,3-9,12-13H2,1-2H3,(H,22,25). The molecular formula is C20H29N3O5. The van der Waals surface area contributed by atoms with Crippen molar-refractivity contribution < 1.29 is 23.8 Å². The Kier molecular flexibility index (Phi) is 7.11. The summed E-state index contributed by atoms with van der Waals surface area (Å²) in [6.07, 6.45) is 1.83. The van der Waals surface area contributed by atoms with Crippen LogP contribution in [0.3, 0.4) is 0 Å². The van der Waals surface area contributed by atoms with Crippen molar-refractivity contribution >= 4 is 11.8 Å². The highest BCUT2D eigenvalue weighted by Gasteiger charge is 2.23. The first-order chi connectivity index (χ1) is 13.6. The van der Waals surface area contributed by atoms with Crippen LogP contribution in [-0.2, 0) is 27.3 Å². The van der Waals surface area contributed by atoms with Gasteiger partial charge in [-0.1, -0.05) is 0 Å². The number of ether oxygens (including phenoxy) is 3. The topological polar surface area (TPSA) is 89.1 Å². The Labute approximate surface area is 165 Å². The highest BCUT2D eigenvalue weighted by atomic mass is 16.5. The lowest BCUT2D eigenvalue weighted by molar-refractivity contribution is -0.132. The first kappa shape index (κ1) is 20.4. The van der Waals surface area contributed by atoms with Crippen molar-refractivity contribution in [3.63, 3.8) is 0 Å². The lowest BCUT2D eigenvalue weighted by atomic mass is 9.98. The summed E-state index contributed by atoms with van der Waals surface area (Å²) in [6.45, 7) is 3.46. The monoisotopic (exact) mass is 391 g/mol. The van der Waals surface area contributed by atoms with Crippen LogP contribution in [0.4, 0.5) is 0 Å².